The first kappa shape index (κ1) is 15.4. The predicted molar refractivity (Wildman–Crippen MR) is 72.5 cm³/mol. The summed E-state index contributed by atoms with van der Waals surface area (Å²) in [5, 5.41) is 8.78. The Morgan fingerprint density at radius 2 is 1.95 bits per heavy atom. The van der Waals surface area contributed by atoms with Crippen molar-refractivity contribution in [3.8, 4) is 0 Å². The highest BCUT2D eigenvalue weighted by atomic mass is 35.5. The van der Waals surface area contributed by atoms with Gasteiger partial charge in [0.2, 0.25) is 0 Å². The molecule has 0 unspecified atom stereocenters. The lowest BCUT2D eigenvalue weighted by molar-refractivity contribution is -0.137. The van der Waals surface area contributed by atoms with Crippen molar-refractivity contribution in [2.75, 3.05) is 5.32 Å². The first-order chi connectivity index (χ1) is 9.68. The van der Waals surface area contributed by atoms with Crippen LogP contribution >= 0.6 is 11.6 Å². The van der Waals surface area contributed by atoms with E-state index in [1.807, 2.05) is 0 Å². The third kappa shape index (κ3) is 3.36. The third-order valence-corrected chi connectivity index (χ3v) is 3.06. The highest BCUT2D eigenvalue weighted by molar-refractivity contribution is 6.31. The van der Waals surface area contributed by atoms with Crippen molar-refractivity contribution in [1.29, 1.82) is 0 Å². The number of aromatic amines is 1. The van der Waals surface area contributed by atoms with Crippen LogP contribution in [0, 0.1) is 13.8 Å². The summed E-state index contributed by atoms with van der Waals surface area (Å²) in [6.07, 6.45) is -4.54. The maximum atomic E-state index is 12.7. The van der Waals surface area contributed by atoms with Crippen LogP contribution in [0.4, 0.5) is 18.9 Å². The van der Waals surface area contributed by atoms with E-state index in [4.69, 9.17) is 11.6 Å². The molecule has 0 spiro atoms. The molecule has 2 rings (SSSR count). The predicted octanol–water partition coefficient (Wildman–Crippen LogP) is 3.95. The van der Waals surface area contributed by atoms with E-state index in [1.54, 1.807) is 13.8 Å². The molecule has 21 heavy (non-hydrogen) atoms. The van der Waals surface area contributed by atoms with Crippen LogP contribution in [0.3, 0.4) is 0 Å². The van der Waals surface area contributed by atoms with Gasteiger partial charge in [-0.15, -0.1) is 0 Å². The molecule has 0 saturated carbocycles. The lowest BCUT2D eigenvalue weighted by Crippen LogP contribution is -2.14. The summed E-state index contributed by atoms with van der Waals surface area (Å²) in [6, 6.07) is 2.87. The molecule has 1 amide bonds. The van der Waals surface area contributed by atoms with Gasteiger partial charge in [-0.1, -0.05) is 11.6 Å². The van der Waals surface area contributed by atoms with Crippen molar-refractivity contribution in [2.24, 2.45) is 0 Å². The minimum Gasteiger partial charge on any atom is -0.322 e. The number of aryl methyl sites for hydroxylation is 2. The zero-order chi connectivity index (χ0) is 15.8. The normalized spacial score (nSPS) is 11.5. The molecule has 0 radical (unpaired) electrons. The molecule has 8 heteroatoms. The molecule has 1 aromatic heterocycles. The molecule has 0 aliphatic rings. The SMILES string of the molecule is Cc1n[nH]c(C)c1C(=O)Nc1cc(Cl)cc(C(F)(F)F)c1. The maximum absolute atomic E-state index is 12.7. The number of halogens is 4. The van der Waals surface area contributed by atoms with E-state index in [9.17, 15) is 18.0 Å². The van der Waals surface area contributed by atoms with Crippen LogP contribution in [-0.4, -0.2) is 16.1 Å². The number of amides is 1. The summed E-state index contributed by atoms with van der Waals surface area (Å²) < 4.78 is 38.1. The zero-order valence-electron chi connectivity index (χ0n) is 11.1. The van der Waals surface area contributed by atoms with Crippen molar-refractivity contribution < 1.29 is 18.0 Å². The van der Waals surface area contributed by atoms with Crippen molar-refractivity contribution >= 4 is 23.2 Å². The summed E-state index contributed by atoms with van der Waals surface area (Å²) in [5.74, 6) is -0.547. The van der Waals surface area contributed by atoms with Gasteiger partial charge in [0, 0.05) is 16.4 Å². The molecule has 0 fully saturated rings. The fourth-order valence-electron chi connectivity index (χ4n) is 1.90. The highest BCUT2D eigenvalue weighted by Crippen LogP contribution is 2.33. The van der Waals surface area contributed by atoms with E-state index in [1.165, 1.54) is 6.07 Å². The summed E-state index contributed by atoms with van der Waals surface area (Å²) in [6.45, 7) is 3.27. The fourth-order valence-corrected chi connectivity index (χ4v) is 2.14. The first-order valence-corrected chi connectivity index (χ1v) is 6.27. The minimum absolute atomic E-state index is 0.0279. The molecule has 0 aliphatic carbocycles. The molecule has 0 aliphatic heterocycles. The largest absolute Gasteiger partial charge is 0.416 e. The minimum atomic E-state index is -4.54. The number of H-pyrrole nitrogens is 1. The molecular weight excluding hydrogens is 307 g/mol. The number of anilines is 1. The number of carbonyl (C=O) groups is 1. The second kappa shape index (κ2) is 5.40. The van der Waals surface area contributed by atoms with Gasteiger partial charge in [-0.05, 0) is 32.0 Å². The monoisotopic (exact) mass is 317 g/mol. The van der Waals surface area contributed by atoms with Gasteiger partial charge >= 0.3 is 6.18 Å². The smallest absolute Gasteiger partial charge is 0.322 e. The lowest BCUT2D eigenvalue weighted by atomic mass is 10.1. The van der Waals surface area contributed by atoms with Gasteiger partial charge in [0.15, 0.2) is 0 Å². The summed E-state index contributed by atoms with van der Waals surface area (Å²) >= 11 is 5.66. The fraction of sp³-hybridized carbons (Fsp3) is 0.231. The Bertz CT molecular complexity index is 675. The number of benzene rings is 1. The van der Waals surface area contributed by atoms with E-state index in [0.717, 1.165) is 12.1 Å². The molecule has 1 heterocycles. The Labute approximate surface area is 123 Å². The number of alkyl halides is 3. The maximum Gasteiger partial charge on any atom is 0.416 e. The van der Waals surface area contributed by atoms with Crippen LogP contribution in [0.1, 0.15) is 27.3 Å². The van der Waals surface area contributed by atoms with E-state index in [-0.39, 0.29) is 10.7 Å². The van der Waals surface area contributed by atoms with E-state index >= 15 is 0 Å². The van der Waals surface area contributed by atoms with Gasteiger partial charge in [0.25, 0.3) is 5.91 Å². The number of aromatic nitrogens is 2. The van der Waals surface area contributed by atoms with Crippen LogP contribution in [0.15, 0.2) is 18.2 Å². The van der Waals surface area contributed by atoms with Gasteiger partial charge in [-0.3, -0.25) is 9.89 Å². The first-order valence-electron chi connectivity index (χ1n) is 5.89. The average molecular weight is 318 g/mol. The zero-order valence-corrected chi connectivity index (χ0v) is 11.9. The van der Waals surface area contributed by atoms with Crippen molar-refractivity contribution in [3.05, 3.63) is 45.7 Å². The van der Waals surface area contributed by atoms with Crippen LogP contribution in [-0.2, 0) is 6.18 Å². The second-order valence-electron chi connectivity index (χ2n) is 4.49. The van der Waals surface area contributed by atoms with Crippen LogP contribution in [0.5, 0.6) is 0 Å². The number of carbonyl (C=O) groups excluding carboxylic acids is 1. The highest BCUT2D eigenvalue weighted by Gasteiger charge is 2.31. The number of nitrogens with zero attached hydrogens (tertiary/aromatic N) is 1. The van der Waals surface area contributed by atoms with Crippen LogP contribution < -0.4 is 5.32 Å². The van der Waals surface area contributed by atoms with Gasteiger partial charge in [-0.2, -0.15) is 18.3 Å². The summed E-state index contributed by atoms with van der Waals surface area (Å²) in [4.78, 5) is 12.1. The molecule has 112 valence electrons. The molecule has 1 aromatic carbocycles. The molecule has 2 aromatic rings. The number of hydrogen-bond donors (Lipinski definition) is 2. The Balaban J connectivity index is 2.32. The van der Waals surface area contributed by atoms with E-state index < -0.39 is 17.6 Å². The molecule has 4 nitrogen and oxygen atoms in total. The van der Waals surface area contributed by atoms with Gasteiger partial charge in [-0.25, -0.2) is 0 Å². The Kier molecular flexibility index (Phi) is 3.95. The van der Waals surface area contributed by atoms with Crippen molar-refractivity contribution in [3.63, 3.8) is 0 Å². The standard InChI is InChI=1S/C13H11ClF3N3O/c1-6-11(7(2)20-19-6)12(21)18-10-4-8(13(15,16)17)3-9(14)5-10/h3-5H,1-2H3,(H,18,21)(H,19,20). The topological polar surface area (TPSA) is 57.8 Å². The second-order valence-corrected chi connectivity index (χ2v) is 4.93. The molecule has 0 atom stereocenters. The van der Waals surface area contributed by atoms with Crippen molar-refractivity contribution in [1.82, 2.24) is 10.2 Å². The quantitative estimate of drug-likeness (QED) is 0.881. The Morgan fingerprint density at radius 3 is 2.48 bits per heavy atom. The molecule has 2 N–H and O–H groups in total. The lowest BCUT2D eigenvalue weighted by Gasteiger charge is -2.11. The van der Waals surface area contributed by atoms with Crippen LogP contribution in [0.2, 0.25) is 5.02 Å². The number of rotatable bonds is 2. The van der Waals surface area contributed by atoms with E-state index in [2.05, 4.69) is 15.5 Å². The third-order valence-electron chi connectivity index (χ3n) is 2.84. The van der Waals surface area contributed by atoms with Crippen molar-refractivity contribution in [2.45, 2.75) is 20.0 Å². The van der Waals surface area contributed by atoms with Gasteiger partial charge < -0.3 is 5.32 Å². The van der Waals surface area contributed by atoms with E-state index in [0.29, 0.717) is 17.0 Å². The molecule has 0 bridgehead atoms. The number of nitrogens with one attached hydrogen (secondary N) is 2. The Morgan fingerprint density at radius 1 is 1.29 bits per heavy atom. The van der Waals surface area contributed by atoms with Crippen LogP contribution in [0.25, 0.3) is 0 Å². The van der Waals surface area contributed by atoms with Gasteiger partial charge in [0.05, 0.1) is 16.8 Å². The summed E-state index contributed by atoms with van der Waals surface area (Å²) in [7, 11) is 0. The Hall–Kier alpha value is -2.02. The molecular formula is C13H11ClF3N3O. The number of hydrogen-bond acceptors (Lipinski definition) is 2. The average Bonchev–Trinajstić information content (AvgIpc) is 2.67. The molecule has 0 saturated heterocycles. The van der Waals surface area contributed by atoms with Gasteiger partial charge in [0.1, 0.15) is 0 Å². The summed E-state index contributed by atoms with van der Waals surface area (Å²) in [5.41, 5.74) is 0.334.